The average Bonchev–Trinajstić information content (AvgIpc) is 2.95. The number of ether oxygens (including phenoxy) is 6. The summed E-state index contributed by atoms with van der Waals surface area (Å²) in [5, 5.41) is 9.12. The van der Waals surface area contributed by atoms with Gasteiger partial charge in [0.2, 0.25) is 0 Å². The van der Waals surface area contributed by atoms with E-state index in [2.05, 4.69) is 4.84 Å². The van der Waals surface area contributed by atoms with Crippen LogP contribution < -0.4 is 4.74 Å². The van der Waals surface area contributed by atoms with Crippen molar-refractivity contribution in [1.29, 1.82) is 0 Å². The molecule has 0 aliphatic carbocycles. The van der Waals surface area contributed by atoms with Crippen molar-refractivity contribution < 1.29 is 67.1 Å². The molecular formula is C28H37NO15. The van der Waals surface area contributed by atoms with Gasteiger partial charge in [0.25, 0.3) is 5.09 Å². The highest BCUT2D eigenvalue weighted by atomic mass is 16.9. The first-order valence-electron chi connectivity index (χ1n) is 13.8. The summed E-state index contributed by atoms with van der Waals surface area (Å²) in [7, 11) is 0. The van der Waals surface area contributed by atoms with Crippen LogP contribution in [0.1, 0.15) is 76.6 Å². The van der Waals surface area contributed by atoms with Crippen molar-refractivity contribution in [2.75, 3.05) is 19.8 Å². The van der Waals surface area contributed by atoms with Gasteiger partial charge in [-0.15, -0.1) is 10.1 Å². The van der Waals surface area contributed by atoms with E-state index >= 15 is 0 Å². The van der Waals surface area contributed by atoms with E-state index in [0.717, 1.165) is 0 Å². The van der Waals surface area contributed by atoms with Gasteiger partial charge in [-0.1, -0.05) is 12.1 Å². The summed E-state index contributed by atoms with van der Waals surface area (Å²) in [5.74, 6) is -4.72. The van der Waals surface area contributed by atoms with Crippen LogP contribution in [-0.2, 0) is 52.5 Å². The van der Waals surface area contributed by atoms with Gasteiger partial charge >= 0.3 is 35.8 Å². The van der Waals surface area contributed by atoms with Crippen LogP contribution in [0.4, 0.5) is 0 Å². The van der Waals surface area contributed by atoms with Gasteiger partial charge in [0, 0.05) is 13.3 Å². The summed E-state index contributed by atoms with van der Waals surface area (Å²) in [5.41, 5.74) is 0.110. The Hall–Kier alpha value is -4.76. The molecule has 0 aliphatic heterocycles. The molecule has 0 saturated carbocycles. The Labute approximate surface area is 253 Å². The lowest BCUT2D eigenvalue weighted by molar-refractivity contribution is -0.757. The SMILES string of the molecule is CC(=O)Oc1ccccc1C(=O)OCCCCCC(=O)OC(C)C(=O)OC(C)C(=O)OC(C)C(=O)OCCCCO[N+](=O)[O-]. The van der Waals surface area contributed by atoms with Crippen molar-refractivity contribution >= 4 is 35.8 Å². The van der Waals surface area contributed by atoms with E-state index in [4.69, 9.17) is 28.4 Å². The number of hydrogen-bond acceptors (Lipinski definition) is 15. The van der Waals surface area contributed by atoms with E-state index in [1.165, 1.54) is 39.8 Å². The Morgan fingerprint density at radius 1 is 0.727 bits per heavy atom. The van der Waals surface area contributed by atoms with Crippen LogP contribution in [-0.4, -0.2) is 79.0 Å². The molecule has 0 aromatic heterocycles. The number of para-hydroxylation sites is 1. The van der Waals surface area contributed by atoms with Crippen molar-refractivity contribution in [2.45, 2.75) is 84.5 Å². The quantitative estimate of drug-likeness (QED) is 0.0508. The third-order valence-corrected chi connectivity index (χ3v) is 5.49. The molecule has 0 heterocycles. The molecule has 3 unspecified atom stereocenters. The third kappa shape index (κ3) is 15.5. The van der Waals surface area contributed by atoms with Crippen molar-refractivity contribution in [3.8, 4) is 5.75 Å². The molecule has 0 spiro atoms. The van der Waals surface area contributed by atoms with E-state index in [-0.39, 0.29) is 50.4 Å². The minimum absolute atomic E-state index is 0.0270. The monoisotopic (exact) mass is 627 g/mol. The minimum Gasteiger partial charge on any atom is -0.463 e. The van der Waals surface area contributed by atoms with Crippen molar-refractivity contribution in [2.24, 2.45) is 0 Å². The molecule has 0 fully saturated rings. The highest BCUT2D eigenvalue weighted by Crippen LogP contribution is 2.19. The molecule has 244 valence electrons. The number of benzene rings is 1. The number of carbonyl (C=O) groups is 6. The second kappa shape index (κ2) is 20.2. The van der Waals surface area contributed by atoms with E-state index < -0.39 is 59.2 Å². The zero-order valence-corrected chi connectivity index (χ0v) is 25.0. The number of carbonyl (C=O) groups excluding carboxylic acids is 6. The Bertz CT molecular complexity index is 1150. The molecule has 3 atom stereocenters. The number of rotatable bonds is 20. The molecule has 0 bridgehead atoms. The van der Waals surface area contributed by atoms with Crippen LogP contribution in [0.2, 0.25) is 0 Å². The number of hydrogen-bond donors (Lipinski definition) is 0. The fraction of sp³-hybridized carbons (Fsp3) is 0.571. The van der Waals surface area contributed by atoms with Gasteiger partial charge in [0.05, 0.1) is 19.8 Å². The molecule has 0 radical (unpaired) electrons. The predicted octanol–water partition coefficient (Wildman–Crippen LogP) is 2.66. The molecule has 1 rings (SSSR count). The molecule has 44 heavy (non-hydrogen) atoms. The Morgan fingerprint density at radius 2 is 1.27 bits per heavy atom. The smallest absolute Gasteiger partial charge is 0.347 e. The number of esters is 6. The molecular weight excluding hydrogens is 590 g/mol. The van der Waals surface area contributed by atoms with Crippen LogP contribution in [0, 0.1) is 10.1 Å². The lowest BCUT2D eigenvalue weighted by Crippen LogP contribution is -2.36. The van der Waals surface area contributed by atoms with Gasteiger partial charge in [-0.05, 0) is 65.0 Å². The summed E-state index contributed by atoms with van der Waals surface area (Å²) in [4.78, 5) is 86.1. The average molecular weight is 628 g/mol. The van der Waals surface area contributed by atoms with Crippen LogP contribution >= 0.6 is 0 Å². The number of nitrogens with zero attached hydrogens (tertiary/aromatic N) is 1. The predicted molar refractivity (Wildman–Crippen MR) is 146 cm³/mol. The van der Waals surface area contributed by atoms with Gasteiger partial charge in [0.15, 0.2) is 18.3 Å². The largest absolute Gasteiger partial charge is 0.463 e. The number of unbranched alkanes of at least 4 members (excludes halogenated alkanes) is 3. The summed E-state index contributed by atoms with van der Waals surface area (Å²) in [6.07, 6.45) is -2.19. The molecule has 0 saturated heterocycles. The first-order valence-corrected chi connectivity index (χ1v) is 13.8. The maximum atomic E-state index is 12.3. The molecule has 0 aliphatic rings. The topological polar surface area (TPSA) is 210 Å². The van der Waals surface area contributed by atoms with E-state index in [9.17, 15) is 38.9 Å². The van der Waals surface area contributed by atoms with Gasteiger partial charge in [-0.2, -0.15) is 0 Å². The zero-order chi connectivity index (χ0) is 33.1. The maximum absolute atomic E-state index is 12.3. The second-order valence-electron chi connectivity index (χ2n) is 9.26. The summed E-state index contributed by atoms with van der Waals surface area (Å²) < 4.78 is 30.0. The Balaban J connectivity index is 2.27. The zero-order valence-electron chi connectivity index (χ0n) is 25.0. The van der Waals surface area contributed by atoms with Crippen molar-refractivity contribution in [1.82, 2.24) is 0 Å². The molecule has 16 heteroatoms. The Kier molecular flexibility index (Phi) is 17.1. The Morgan fingerprint density at radius 3 is 1.91 bits per heavy atom. The highest BCUT2D eigenvalue weighted by molar-refractivity contribution is 5.93. The van der Waals surface area contributed by atoms with Gasteiger partial charge in [0.1, 0.15) is 11.3 Å². The standard InChI is InChI=1S/C28H37NO15/c1-18(25(32)38-16-10-11-17-40-29(36)37)42-27(34)20(3)43-26(33)19(2)41-24(31)14-6-5-9-15-39-28(35)22-12-7-8-13-23(22)44-21(4)30/h7-8,12-13,18-20H,5-6,9-11,14-17H2,1-4H3. The molecule has 0 amide bonds. The second-order valence-corrected chi connectivity index (χ2v) is 9.26. The van der Waals surface area contributed by atoms with E-state index in [1.54, 1.807) is 12.1 Å². The van der Waals surface area contributed by atoms with Gasteiger partial charge in [-0.25, -0.2) is 19.2 Å². The molecule has 16 nitrogen and oxygen atoms in total. The fourth-order valence-electron chi connectivity index (χ4n) is 3.24. The van der Waals surface area contributed by atoms with Crippen LogP contribution in [0.25, 0.3) is 0 Å². The van der Waals surface area contributed by atoms with Gasteiger partial charge in [-0.3, -0.25) is 9.59 Å². The van der Waals surface area contributed by atoms with Crippen LogP contribution in [0.15, 0.2) is 24.3 Å². The summed E-state index contributed by atoms with van der Waals surface area (Å²) in [6.45, 7) is 4.79. The lowest BCUT2D eigenvalue weighted by Gasteiger charge is -2.18. The van der Waals surface area contributed by atoms with Gasteiger partial charge < -0.3 is 33.3 Å². The van der Waals surface area contributed by atoms with Crippen LogP contribution in [0.5, 0.6) is 5.75 Å². The van der Waals surface area contributed by atoms with Crippen molar-refractivity contribution in [3.63, 3.8) is 0 Å². The summed E-state index contributed by atoms with van der Waals surface area (Å²) in [6, 6.07) is 6.16. The van der Waals surface area contributed by atoms with Crippen molar-refractivity contribution in [3.05, 3.63) is 39.9 Å². The summed E-state index contributed by atoms with van der Waals surface area (Å²) >= 11 is 0. The first kappa shape index (κ1) is 37.3. The minimum atomic E-state index is -1.41. The fourth-order valence-corrected chi connectivity index (χ4v) is 3.24. The van der Waals surface area contributed by atoms with E-state index in [1.807, 2.05) is 0 Å². The molecule has 1 aromatic carbocycles. The van der Waals surface area contributed by atoms with E-state index in [0.29, 0.717) is 19.3 Å². The molecule has 1 aromatic rings. The normalized spacial score (nSPS) is 12.5. The van der Waals surface area contributed by atoms with Crippen LogP contribution in [0.3, 0.4) is 0 Å². The third-order valence-electron chi connectivity index (χ3n) is 5.49. The maximum Gasteiger partial charge on any atom is 0.347 e. The molecule has 0 N–H and O–H groups in total. The highest BCUT2D eigenvalue weighted by Gasteiger charge is 2.28. The first-order chi connectivity index (χ1) is 20.8. The lowest BCUT2D eigenvalue weighted by atomic mass is 10.2.